The van der Waals surface area contributed by atoms with Crippen molar-refractivity contribution in [1.82, 2.24) is 10.2 Å². The molecule has 0 radical (unpaired) electrons. The Balaban J connectivity index is 1.86. The molecular weight excluding hydrogens is 319 g/mol. The first kappa shape index (κ1) is 14.5. The van der Waals surface area contributed by atoms with Crippen molar-refractivity contribution in [1.29, 1.82) is 0 Å². The quantitative estimate of drug-likeness (QED) is 0.901. The van der Waals surface area contributed by atoms with Gasteiger partial charge >= 0.3 is 0 Å². The Kier molecular flexibility index (Phi) is 4.16. The molecule has 110 valence electrons. The van der Waals surface area contributed by atoms with E-state index in [4.69, 9.17) is 0 Å². The average molecular weight is 341 g/mol. The monoisotopic (exact) mass is 340 g/mol. The van der Waals surface area contributed by atoms with E-state index in [9.17, 15) is 4.39 Å². The molecule has 0 spiro atoms. The summed E-state index contributed by atoms with van der Waals surface area (Å²) >= 11 is 3.30. The fourth-order valence-electron chi connectivity index (χ4n) is 4.13. The van der Waals surface area contributed by atoms with Crippen LogP contribution in [0.3, 0.4) is 0 Å². The Hall–Kier alpha value is -0.450. The highest BCUT2D eigenvalue weighted by molar-refractivity contribution is 9.10. The minimum atomic E-state index is -0.113. The van der Waals surface area contributed by atoms with Gasteiger partial charge in [-0.3, -0.25) is 0 Å². The van der Waals surface area contributed by atoms with Gasteiger partial charge in [-0.05, 0) is 67.7 Å². The Labute approximate surface area is 128 Å². The first-order chi connectivity index (χ1) is 9.61. The summed E-state index contributed by atoms with van der Waals surface area (Å²) in [5.74, 6) is 0.413. The summed E-state index contributed by atoms with van der Waals surface area (Å²) < 4.78 is 14.9. The lowest BCUT2D eigenvalue weighted by Crippen LogP contribution is -2.43. The van der Waals surface area contributed by atoms with Gasteiger partial charge in [-0.25, -0.2) is 4.39 Å². The summed E-state index contributed by atoms with van der Waals surface area (Å²) in [6.45, 7) is 0. The zero-order valence-corrected chi connectivity index (χ0v) is 13.7. The molecular formula is C16H22BrFN2. The second kappa shape index (κ2) is 5.74. The predicted molar refractivity (Wildman–Crippen MR) is 83.2 cm³/mol. The molecule has 2 nitrogen and oxygen atoms in total. The van der Waals surface area contributed by atoms with Gasteiger partial charge in [0.25, 0.3) is 0 Å². The number of hydrogen-bond donors (Lipinski definition) is 1. The van der Waals surface area contributed by atoms with Crippen molar-refractivity contribution in [2.45, 2.75) is 43.8 Å². The number of hydrogen-bond acceptors (Lipinski definition) is 2. The Bertz CT molecular complexity index is 479. The van der Waals surface area contributed by atoms with E-state index in [1.54, 1.807) is 6.07 Å². The van der Waals surface area contributed by atoms with Gasteiger partial charge in [0.15, 0.2) is 0 Å². The molecule has 20 heavy (non-hydrogen) atoms. The number of halogens is 2. The van der Waals surface area contributed by atoms with E-state index in [0.29, 0.717) is 22.5 Å². The maximum absolute atomic E-state index is 14.4. The van der Waals surface area contributed by atoms with Crippen LogP contribution in [-0.2, 0) is 0 Å². The van der Waals surface area contributed by atoms with Crippen LogP contribution in [0.15, 0.2) is 22.7 Å². The van der Waals surface area contributed by atoms with Crippen LogP contribution in [0, 0.1) is 11.7 Å². The second-order valence-electron chi connectivity index (χ2n) is 6.19. The molecule has 4 heteroatoms. The number of fused-ring (bicyclic) bond motifs is 2. The summed E-state index contributed by atoms with van der Waals surface area (Å²) in [6.07, 6.45) is 4.94. The summed E-state index contributed by atoms with van der Waals surface area (Å²) in [6, 6.07) is 7.10. The van der Waals surface area contributed by atoms with E-state index < -0.39 is 0 Å². The normalized spacial score (nSPS) is 31.5. The minimum absolute atomic E-state index is 0.113. The lowest BCUT2D eigenvalue weighted by Gasteiger charge is -2.40. The molecule has 3 unspecified atom stereocenters. The van der Waals surface area contributed by atoms with Gasteiger partial charge in [0, 0.05) is 23.7 Å². The van der Waals surface area contributed by atoms with E-state index in [1.165, 1.54) is 25.7 Å². The van der Waals surface area contributed by atoms with Gasteiger partial charge in [-0.2, -0.15) is 0 Å². The summed E-state index contributed by atoms with van der Waals surface area (Å²) in [5, 5.41) is 3.36. The number of piperidine rings is 1. The maximum atomic E-state index is 14.4. The Morgan fingerprint density at radius 3 is 2.55 bits per heavy atom. The zero-order chi connectivity index (χ0) is 14.3. The molecule has 3 rings (SSSR count). The first-order valence-corrected chi connectivity index (χ1v) is 8.24. The summed E-state index contributed by atoms with van der Waals surface area (Å²) in [7, 11) is 4.19. The van der Waals surface area contributed by atoms with Gasteiger partial charge in [0.2, 0.25) is 0 Å². The molecule has 2 heterocycles. The van der Waals surface area contributed by atoms with Crippen molar-refractivity contribution in [2.24, 2.45) is 5.92 Å². The fraction of sp³-hybridized carbons (Fsp3) is 0.625. The lowest BCUT2D eigenvalue weighted by molar-refractivity contribution is 0.113. The molecule has 2 aliphatic heterocycles. The molecule has 2 saturated heterocycles. The van der Waals surface area contributed by atoms with Gasteiger partial charge in [0.1, 0.15) is 5.82 Å². The van der Waals surface area contributed by atoms with Crippen LogP contribution in [0.2, 0.25) is 0 Å². The molecule has 1 N–H and O–H groups in total. The highest BCUT2D eigenvalue weighted by Gasteiger charge is 2.41. The van der Waals surface area contributed by atoms with E-state index in [0.717, 1.165) is 5.56 Å². The molecule has 1 aromatic rings. The van der Waals surface area contributed by atoms with Crippen LogP contribution >= 0.6 is 15.9 Å². The predicted octanol–water partition coefficient (Wildman–Crippen LogP) is 3.72. The molecule has 3 atom stereocenters. The van der Waals surface area contributed by atoms with Crippen molar-refractivity contribution in [3.63, 3.8) is 0 Å². The molecule has 0 saturated carbocycles. The topological polar surface area (TPSA) is 15.3 Å². The van der Waals surface area contributed by atoms with E-state index in [-0.39, 0.29) is 11.9 Å². The molecule has 0 amide bonds. The molecule has 1 aromatic carbocycles. The molecule has 0 aromatic heterocycles. The van der Waals surface area contributed by atoms with E-state index >= 15 is 0 Å². The van der Waals surface area contributed by atoms with Crippen molar-refractivity contribution >= 4 is 15.9 Å². The number of benzene rings is 1. The number of nitrogens with zero attached hydrogens (tertiary/aromatic N) is 1. The van der Waals surface area contributed by atoms with Gasteiger partial charge in [-0.1, -0.05) is 12.1 Å². The average Bonchev–Trinajstić information content (AvgIpc) is 2.66. The number of rotatable bonds is 3. The van der Waals surface area contributed by atoms with Crippen LogP contribution < -0.4 is 5.32 Å². The lowest BCUT2D eigenvalue weighted by atomic mass is 9.82. The minimum Gasteiger partial charge on any atom is -0.313 e. The first-order valence-electron chi connectivity index (χ1n) is 7.45. The van der Waals surface area contributed by atoms with Crippen LogP contribution in [0.1, 0.15) is 37.3 Å². The van der Waals surface area contributed by atoms with Crippen molar-refractivity contribution < 1.29 is 4.39 Å². The van der Waals surface area contributed by atoms with Crippen molar-refractivity contribution in [2.75, 3.05) is 14.1 Å². The second-order valence-corrected chi connectivity index (χ2v) is 7.05. The van der Waals surface area contributed by atoms with Crippen LogP contribution in [0.5, 0.6) is 0 Å². The maximum Gasteiger partial charge on any atom is 0.142 e. The third-order valence-electron chi connectivity index (χ3n) is 5.23. The summed E-state index contributed by atoms with van der Waals surface area (Å²) in [4.78, 5) is 2.53. The highest BCUT2D eigenvalue weighted by atomic mass is 79.9. The van der Waals surface area contributed by atoms with Gasteiger partial charge in [-0.15, -0.1) is 0 Å². The molecule has 2 aliphatic rings. The van der Waals surface area contributed by atoms with Crippen LogP contribution in [0.25, 0.3) is 0 Å². The van der Waals surface area contributed by atoms with Crippen molar-refractivity contribution in [3.8, 4) is 0 Å². The molecule has 2 fully saturated rings. The van der Waals surface area contributed by atoms with Crippen molar-refractivity contribution in [3.05, 3.63) is 34.1 Å². The SMILES string of the molecule is CNC(c1cccc(Br)c1F)C1CC2CCC(C1)N2C. The zero-order valence-electron chi connectivity index (χ0n) is 12.1. The Morgan fingerprint density at radius 2 is 1.95 bits per heavy atom. The van der Waals surface area contributed by atoms with Crippen LogP contribution in [0.4, 0.5) is 4.39 Å². The third kappa shape index (κ3) is 2.42. The van der Waals surface area contributed by atoms with Gasteiger partial charge < -0.3 is 10.2 Å². The third-order valence-corrected chi connectivity index (χ3v) is 5.85. The highest BCUT2D eigenvalue weighted by Crippen LogP contribution is 2.43. The summed E-state index contributed by atoms with van der Waals surface area (Å²) in [5.41, 5.74) is 0.802. The van der Waals surface area contributed by atoms with Crippen LogP contribution in [-0.4, -0.2) is 31.1 Å². The van der Waals surface area contributed by atoms with Gasteiger partial charge in [0.05, 0.1) is 4.47 Å². The fourth-order valence-corrected chi connectivity index (χ4v) is 4.51. The Morgan fingerprint density at radius 1 is 1.30 bits per heavy atom. The standard InChI is InChI=1S/C16H22BrFN2/c1-19-16(13-4-3-5-14(17)15(13)18)10-8-11-6-7-12(9-10)20(11)2/h3-5,10-12,16,19H,6-9H2,1-2H3. The number of nitrogens with one attached hydrogen (secondary N) is 1. The smallest absolute Gasteiger partial charge is 0.142 e. The van der Waals surface area contributed by atoms with E-state index in [2.05, 4.69) is 33.2 Å². The molecule has 2 bridgehead atoms. The molecule has 0 aliphatic carbocycles. The largest absolute Gasteiger partial charge is 0.313 e. The van der Waals surface area contributed by atoms with E-state index in [1.807, 2.05) is 19.2 Å².